The molecule has 23 heavy (non-hydrogen) atoms. The molecule has 4 heteroatoms. The van der Waals surface area contributed by atoms with Crippen LogP contribution in [0.4, 0.5) is 5.69 Å². The van der Waals surface area contributed by atoms with Gasteiger partial charge >= 0.3 is 0 Å². The molecule has 2 aromatic carbocycles. The minimum Gasteiger partial charge on any atom is -0.489 e. The first kappa shape index (κ1) is 15.1. The van der Waals surface area contributed by atoms with E-state index in [-0.39, 0.29) is 6.10 Å². The molecule has 0 aromatic heterocycles. The molecule has 2 aromatic rings. The molecule has 1 fully saturated rings. The molecule has 0 saturated heterocycles. The Morgan fingerprint density at radius 1 is 1.13 bits per heavy atom. The zero-order valence-electron chi connectivity index (χ0n) is 12.9. The van der Waals surface area contributed by atoms with Crippen molar-refractivity contribution in [1.82, 2.24) is 0 Å². The third-order valence-electron chi connectivity index (χ3n) is 4.10. The van der Waals surface area contributed by atoms with Crippen LogP contribution in [0, 0.1) is 11.3 Å². The normalized spacial score (nSPS) is 14.9. The fraction of sp³-hybridized carbons (Fsp3) is 0.263. The number of hydrogen-bond acceptors (Lipinski definition) is 3. The van der Waals surface area contributed by atoms with Crippen molar-refractivity contribution in [2.45, 2.75) is 31.8 Å². The highest BCUT2D eigenvalue weighted by Crippen LogP contribution is 2.31. The zero-order valence-corrected chi connectivity index (χ0v) is 12.9. The first-order valence-corrected chi connectivity index (χ1v) is 7.85. The second-order valence-corrected chi connectivity index (χ2v) is 5.68. The van der Waals surface area contributed by atoms with Gasteiger partial charge in [-0.2, -0.15) is 5.26 Å². The summed E-state index contributed by atoms with van der Waals surface area (Å²) >= 11 is 0. The lowest BCUT2D eigenvalue weighted by atomic mass is 10.0. The van der Waals surface area contributed by atoms with Crippen molar-refractivity contribution in [2.75, 3.05) is 0 Å². The van der Waals surface area contributed by atoms with Crippen molar-refractivity contribution in [3.63, 3.8) is 0 Å². The Morgan fingerprint density at radius 2 is 1.91 bits per heavy atom. The number of nitrogens with zero attached hydrogens (tertiary/aromatic N) is 2. The van der Waals surface area contributed by atoms with E-state index in [1.165, 1.54) is 19.2 Å². The Kier molecular flexibility index (Phi) is 4.58. The van der Waals surface area contributed by atoms with Gasteiger partial charge < -0.3 is 10.5 Å². The first-order valence-electron chi connectivity index (χ1n) is 7.85. The van der Waals surface area contributed by atoms with E-state index in [0.29, 0.717) is 11.3 Å². The minimum atomic E-state index is 0.246. The van der Waals surface area contributed by atoms with Gasteiger partial charge in [0.25, 0.3) is 0 Å². The van der Waals surface area contributed by atoms with Gasteiger partial charge in [-0.05, 0) is 61.1 Å². The number of benzene rings is 2. The molecule has 0 amide bonds. The van der Waals surface area contributed by atoms with Gasteiger partial charge in [-0.15, -0.1) is 0 Å². The SMILES string of the molecule is N#Cc1cc(-c2cccc(N=CN)c2)ccc1OC1CCCC1. The van der Waals surface area contributed by atoms with Crippen molar-refractivity contribution in [3.05, 3.63) is 48.0 Å². The van der Waals surface area contributed by atoms with E-state index in [1.807, 2.05) is 42.5 Å². The van der Waals surface area contributed by atoms with Gasteiger partial charge in [0.05, 0.1) is 23.7 Å². The van der Waals surface area contributed by atoms with Crippen LogP contribution in [-0.2, 0) is 0 Å². The largest absolute Gasteiger partial charge is 0.489 e. The summed E-state index contributed by atoms with van der Waals surface area (Å²) in [6.45, 7) is 0. The lowest BCUT2D eigenvalue weighted by Crippen LogP contribution is -2.11. The van der Waals surface area contributed by atoms with Gasteiger partial charge in [0.15, 0.2) is 0 Å². The number of nitriles is 1. The van der Waals surface area contributed by atoms with Gasteiger partial charge in [0.1, 0.15) is 11.8 Å². The second-order valence-electron chi connectivity index (χ2n) is 5.68. The van der Waals surface area contributed by atoms with Crippen LogP contribution in [0.1, 0.15) is 31.2 Å². The van der Waals surface area contributed by atoms with E-state index in [1.54, 1.807) is 0 Å². The maximum Gasteiger partial charge on any atom is 0.137 e. The topological polar surface area (TPSA) is 71.4 Å². The lowest BCUT2D eigenvalue weighted by Gasteiger charge is -2.15. The third-order valence-corrected chi connectivity index (χ3v) is 4.10. The molecule has 0 unspecified atom stereocenters. The maximum atomic E-state index is 9.43. The van der Waals surface area contributed by atoms with E-state index < -0.39 is 0 Å². The lowest BCUT2D eigenvalue weighted by molar-refractivity contribution is 0.209. The Hall–Kier alpha value is -2.80. The number of rotatable bonds is 4. The summed E-state index contributed by atoms with van der Waals surface area (Å²) in [6.07, 6.45) is 6.09. The molecular formula is C19H19N3O. The minimum absolute atomic E-state index is 0.246. The molecule has 0 spiro atoms. The van der Waals surface area contributed by atoms with Crippen LogP contribution in [0.2, 0.25) is 0 Å². The monoisotopic (exact) mass is 305 g/mol. The molecule has 1 aliphatic carbocycles. The summed E-state index contributed by atoms with van der Waals surface area (Å²) in [5.41, 5.74) is 8.66. The fourth-order valence-corrected chi connectivity index (χ4v) is 2.94. The summed E-state index contributed by atoms with van der Waals surface area (Å²) in [5.74, 6) is 0.680. The van der Waals surface area contributed by atoms with Crippen LogP contribution in [-0.4, -0.2) is 12.4 Å². The van der Waals surface area contributed by atoms with E-state index in [2.05, 4.69) is 11.1 Å². The van der Waals surface area contributed by atoms with Crippen molar-refractivity contribution in [1.29, 1.82) is 5.26 Å². The second kappa shape index (κ2) is 6.97. The van der Waals surface area contributed by atoms with E-state index in [0.717, 1.165) is 29.7 Å². The summed E-state index contributed by atoms with van der Waals surface area (Å²) in [7, 11) is 0. The van der Waals surface area contributed by atoms with Crippen LogP contribution >= 0.6 is 0 Å². The molecule has 0 aliphatic heterocycles. The Balaban J connectivity index is 1.89. The molecule has 0 atom stereocenters. The number of ether oxygens (including phenoxy) is 1. The van der Waals surface area contributed by atoms with Crippen molar-refractivity contribution in [3.8, 4) is 22.9 Å². The average Bonchev–Trinajstić information content (AvgIpc) is 3.09. The zero-order chi connectivity index (χ0) is 16.1. The van der Waals surface area contributed by atoms with Gasteiger partial charge in [-0.25, -0.2) is 4.99 Å². The molecule has 0 heterocycles. The van der Waals surface area contributed by atoms with Crippen LogP contribution < -0.4 is 10.5 Å². The van der Waals surface area contributed by atoms with Gasteiger partial charge in [-0.3, -0.25) is 0 Å². The fourth-order valence-electron chi connectivity index (χ4n) is 2.94. The maximum absolute atomic E-state index is 9.43. The first-order chi connectivity index (χ1) is 11.3. The van der Waals surface area contributed by atoms with Crippen molar-refractivity contribution >= 4 is 12.0 Å². The Bertz CT molecular complexity index is 755. The van der Waals surface area contributed by atoms with Crippen LogP contribution in [0.3, 0.4) is 0 Å². The standard InChI is InChI=1S/C19H19N3O/c20-12-16-10-15(14-4-3-5-17(11-14)22-13-21)8-9-19(16)23-18-6-1-2-7-18/h3-5,8-11,13,18H,1-2,6-7H2,(H2,21,22). The summed E-state index contributed by atoms with van der Waals surface area (Å²) in [6, 6.07) is 15.7. The van der Waals surface area contributed by atoms with Gasteiger partial charge in [0, 0.05) is 0 Å². The van der Waals surface area contributed by atoms with Crippen molar-refractivity contribution < 1.29 is 4.74 Å². The molecule has 2 N–H and O–H groups in total. The predicted octanol–water partition coefficient (Wildman–Crippen LogP) is 4.17. The van der Waals surface area contributed by atoms with Gasteiger partial charge in [-0.1, -0.05) is 18.2 Å². The summed E-state index contributed by atoms with van der Waals surface area (Å²) in [5, 5.41) is 9.43. The van der Waals surface area contributed by atoms with E-state index in [4.69, 9.17) is 10.5 Å². The smallest absolute Gasteiger partial charge is 0.137 e. The highest BCUT2D eigenvalue weighted by molar-refractivity contribution is 5.71. The third kappa shape index (κ3) is 3.51. The quantitative estimate of drug-likeness (QED) is 0.681. The number of aliphatic imine (C=N–C) groups is 1. The molecular weight excluding hydrogens is 286 g/mol. The van der Waals surface area contributed by atoms with E-state index in [9.17, 15) is 5.26 Å². The van der Waals surface area contributed by atoms with Crippen LogP contribution in [0.25, 0.3) is 11.1 Å². The van der Waals surface area contributed by atoms with Crippen LogP contribution in [0.5, 0.6) is 5.75 Å². The summed E-state index contributed by atoms with van der Waals surface area (Å²) in [4.78, 5) is 4.08. The molecule has 116 valence electrons. The summed E-state index contributed by atoms with van der Waals surface area (Å²) < 4.78 is 5.99. The average molecular weight is 305 g/mol. The molecule has 1 aliphatic rings. The molecule has 0 radical (unpaired) electrons. The van der Waals surface area contributed by atoms with Crippen molar-refractivity contribution in [2.24, 2.45) is 10.7 Å². The predicted molar refractivity (Wildman–Crippen MR) is 91.8 cm³/mol. The molecule has 3 rings (SSSR count). The van der Waals surface area contributed by atoms with Gasteiger partial charge in [0.2, 0.25) is 0 Å². The Morgan fingerprint density at radius 3 is 2.65 bits per heavy atom. The van der Waals surface area contributed by atoms with E-state index >= 15 is 0 Å². The molecule has 4 nitrogen and oxygen atoms in total. The molecule has 1 saturated carbocycles. The number of nitrogens with two attached hydrogens (primary N) is 1. The van der Waals surface area contributed by atoms with Crippen LogP contribution in [0.15, 0.2) is 47.5 Å². The molecule has 0 bridgehead atoms. The highest BCUT2D eigenvalue weighted by atomic mass is 16.5. The highest BCUT2D eigenvalue weighted by Gasteiger charge is 2.18. The Labute approximate surface area is 136 Å². The number of hydrogen-bond donors (Lipinski definition) is 1.